The molecule has 0 radical (unpaired) electrons. The van der Waals surface area contributed by atoms with Crippen molar-refractivity contribution in [2.45, 2.75) is 38.8 Å². The van der Waals surface area contributed by atoms with Crippen LogP contribution in [0.2, 0.25) is 0 Å². The summed E-state index contributed by atoms with van der Waals surface area (Å²) in [6.07, 6.45) is 1.09. The summed E-state index contributed by atoms with van der Waals surface area (Å²) in [5.41, 5.74) is 7.34. The van der Waals surface area contributed by atoms with E-state index in [1.54, 1.807) is 0 Å². The summed E-state index contributed by atoms with van der Waals surface area (Å²) in [6.45, 7) is 7.46. The van der Waals surface area contributed by atoms with Crippen LogP contribution in [0.5, 0.6) is 0 Å². The smallest absolute Gasteiger partial charge is 0.134 e. The quantitative estimate of drug-likeness (QED) is 0.894. The molecular weight excluding hydrogens is 236 g/mol. The second-order valence-corrected chi connectivity index (χ2v) is 5.84. The molecule has 0 aliphatic heterocycles. The van der Waals surface area contributed by atoms with E-state index in [1.807, 2.05) is 24.3 Å². The normalized spacial score (nSPS) is 14.2. The monoisotopic (exact) mass is 260 g/mol. The van der Waals surface area contributed by atoms with Gasteiger partial charge in [0.15, 0.2) is 0 Å². The van der Waals surface area contributed by atoms with Gasteiger partial charge < -0.3 is 10.2 Å². The van der Waals surface area contributed by atoms with Crippen molar-refractivity contribution in [2.24, 2.45) is 5.73 Å². The van der Waals surface area contributed by atoms with Crippen molar-refractivity contribution in [3.63, 3.8) is 0 Å². The molecule has 3 heteroatoms. The van der Waals surface area contributed by atoms with Gasteiger partial charge in [0.05, 0.1) is 6.04 Å². The topological polar surface area (TPSA) is 42.4 Å². The van der Waals surface area contributed by atoms with Crippen molar-refractivity contribution >= 4 is 11.0 Å². The van der Waals surface area contributed by atoms with Crippen LogP contribution in [0.25, 0.3) is 11.0 Å². The lowest BCUT2D eigenvalue weighted by atomic mass is 9.99. The molecule has 0 saturated carbocycles. The van der Waals surface area contributed by atoms with Gasteiger partial charge in [-0.05, 0) is 39.4 Å². The van der Waals surface area contributed by atoms with E-state index in [0.29, 0.717) is 0 Å². The third-order valence-corrected chi connectivity index (χ3v) is 4.18. The van der Waals surface area contributed by atoms with Crippen molar-refractivity contribution in [3.05, 3.63) is 36.1 Å². The zero-order valence-corrected chi connectivity index (χ0v) is 12.3. The fourth-order valence-corrected chi connectivity index (χ4v) is 2.09. The van der Waals surface area contributed by atoms with Crippen LogP contribution in [-0.2, 0) is 0 Å². The zero-order chi connectivity index (χ0) is 14.0. The van der Waals surface area contributed by atoms with E-state index in [1.165, 1.54) is 0 Å². The minimum Gasteiger partial charge on any atom is -0.459 e. The van der Waals surface area contributed by atoms with E-state index in [2.05, 4.69) is 38.8 Å². The van der Waals surface area contributed by atoms with Gasteiger partial charge >= 0.3 is 0 Å². The predicted octanol–water partition coefficient (Wildman–Crippen LogP) is 3.55. The third-order valence-electron chi connectivity index (χ3n) is 4.18. The number of likely N-dealkylation sites (N-methyl/N-ethyl adjacent to an activating group) is 1. The SMILES string of the molecule is CCC(C)(C)N(C)CC(N)c1cc2ccccc2o1. The van der Waals surface area contributed by atoms with Crippen molar-refractivity contribution in [1.29, 1.82) is 0 Å². The molecule has 1 heterocycles. The molecule has 0 aliphatic carbocycles. The first-order valence-electron chi connectivity index (χ1n) is 6.89. The number of nitrogens with zero attached hydrogens (tertiary/aromatic N) is 1. The molecule has 1 unspecified atom stereocenters. The number of nitrogens with two attached hydrogens (primary N) is 1. The largest absolute Gasteiger partial charge is 0.459 e. The van der Waals surface area contributed by atoms with Gasteiger partial charge in [-0.25, -0.2) is 0 Å². The molecule has 0 spiro atoms. The summed E-state index contributed by atoms with van der Waals surface area (Å²) in [5, 5.41) is 1.12. The number of benzene rings is 1. The lowest BCUT2D eigenvalue weighted by molar-refractivity contribution is 0.139. The van der Waals surface area contributed by atoms with E-state index >= 15 is 0 Å². The lowest BCUT2D eigenvalue weighted by Gasteiger charge is -2.36. The Morgan fingerprint density at radius 1 is 1.32 bits per heavy atom. The van der Waals surface area contributed by atoms with Gasteiger partial charge in [-0.1, -0.05) is 25.1 Å². The summed E-state index contributed by atoms with van der Waals surface area (Å²) in [5.74, 6) is 0.861. The summed E-state index contributed by atoms with van der Waals surface area (Å²) < 4.78 is 5.83. The number of fused-ring (bicyclic) bond motifs is 1. The lowest BCUT2D eigenvalue weighted by Crippen LogP contribution is -2.43. The van der Waals surface area contributed by atoms with Crippen molar-refractivity contribution < 1.29 is 4.42 Å². The highest BCUT2D eigenvalue weighted by Crippen LogP contribution is 2.25. The van der Waals surface area contributed by atoms with E-state index in [4.69, 9.17) is 10.2 Å². The maximum Gasteiger partial charge on any atom is 0.134 e. The minimum absolute atomic E-state index is 0.0942. The Bertz CT molecular complexity index is 511. The van der Waals surface area contributed by atoms with E-state index in [9.17, 15) is 0 Å². The number of hydrogen-bond acceptors (Lipinski definition) is 3. The Labute approximate surface area is 115 Å². The van der Waals surface area contributed by atoms with Crippen LogP contribution >= 0.6 is 0 Å². The van der Waals surface area contributed by atoms with Crippen LogP contribution in [-0.4, -0.2) is 24.0 Å². The van der Waals surface area contributed by atoms with Crippen LogP contribution in [0.1, 0.15) is 39.0 Å². The number of rotatable bonds is 5. The molecule has 0 fully saturated rings. The van der Waals surface area contributed by atoms with Gasteiger partial charge in [0.2, 0.25) is 0 Å². The highest BCUT2D eigenvalue weighted by atomic mass is 16.3. The van der Waals surface area contributed by atoms with E-state index in [-0.39, 0.29) is 11.6 Å². The average Bonchev–Trinajstić information content (AvgIpc) is 2.82. The molecule has 0 amide bonds. The number of furan rings is 1. The maximum absolute atomic E-state index is 6.28. The molecule has 2 rings (SSSR count). The zero-order valence-electron chi connectivity index (χ0n) is 12.3. The maximum atomic E-state index is 6.28. The molecule has 2 aromatic rings. The molecule has 19 heavy (non-hydrogen) atoms. The Kier molecular flexibility index (Phi) is 3.97. The fourth-order valence-electron chi connectivity index (χ4n) is 2.09. The molecule has 1 atom stereocenters. The highest BCUT2D eigenvalue weighted by molar-refractivity contribution is 5.77. The van der Waals surface area contributed by atoms with Crippen LogP contribution in [0.15, 0.2) is 34.7 Å². The molecule has 0 aliphatic rings. The average molecular weight is 260 g/mol. The van der Waals surface area contributed by atoms with Crippen LogP contribution < -0.4 is 5.73 Å². The summed E-state index contributed by atoms with van der Waals surface area (Å²) in [6, 6.07) is 9.97. The Morgan fingerprint density at radius 2 is 2.00 bits per heavy atom. The molecule has 3 nitrogen and oxygen atoms in total. The minimum atomic E-state index is -0.0942. The van der Waals surface area contributed by atoms with Gasteiger partial charge in [0.25, 0.3) is 0 Å². The molecule has 0 bridgehead atoms. The van der Waals surface area contributed by atoms with Gasteiger partial charge in [-0.2, -0.15) is 0 Å². The van der Waals surface area contributed by atoms with Crippen LogP contribution in [0, 0.1) is 0 Å². The summed E-state index contributed by atoms with van der Waals surface area (Å²) in [7, 11) is 2.12. The summed E-state index contributed by atoms with van der Waals surface area (Å²) >= 11 is 0. The molecule has 0 saturated heterocycles. The Balaban J connectivity index is 2.13. The third kappa shape index (κ3) is 2.99. The van der Waals surface area contributed by atoms with Gasteiger partial charge in [-0.3, -0.25) is 4.90 Å². The second kappa shape index (κ2) is 5.35. The first kappa shape index (κ1) is 14.1. The molecule has 1 aromatic carbocycles. The van der Waals surface area contributed by atoms with Crippen LogP contribution in [0.3, 0.4) is 0 Å². The second-order valence-electron chi connectivity index (χ2n) is 5.84. The van der Waals surface area contributed by atoms with Crippen molar-refractivity contribution in [1.82, 2.24) is 4.90 Å². The van der Waals surface area contributed by atoms with Gasteiger partial charge in [0.1, 0.15) is 11.3 Å². The number of para-hydroxylation sites is 1. The molecule has 104 valence electrons. The predicted molar refractivity (Wildman–Crippen MR) is 80.1 cm³/mol. The van der Waals surface area contributed by atoms with Crippen molar-refractivity contribution in [2.75, 3.05) is 13.6 Å². The highest BCUT2D eigenvalue weighted by Gasteiger charge is 2.24. The standard InChI is InChI=1S/C16H24N2O/c1-5-16(2,3)18(4)11-13(17)15-10-12-8-6-7-9-14(12)19-15/h6-10,13H,5,11,17H2,1-4H3. The van der Waals surface area contributed by atoms with Gasteiger partial charge in [0, 0.05) is 17.5 Å². The molecular formula is C16H24N2O. The Hall–Kier alpha value is -1.32. The van der Waals surface area contributed by atoms with Crippen molar-refractivity contribution in [3.8, 4) is 0 Å². The summed E-state index contributed by atoms with van der Waals surface area (Å²) in [4.78, 5) is 2.30. The Morgan fingerprint density at radius 3 is 2.63 bits per heavy atom. The van der Waals surface area contributed by atoms with Crippen LogP contribution in [0.4, 0.5) is 0 Å². The molecule has 1 aromatic heterocycles. The first-order chi connectivity index (χ1) is 8.94. The fraction of sp³-hybridized carbons (Fsp3) is 0.500. The van der Waals surface area contributed by atoms with Gasteiger partial charge in [-0.15, -0.1) is 0 Å². The molecule has 2 N–H and O–H groups in total. The first-order valence-corrected chi connectivity index (χ1v) is 6.89. The van der Waals surface area contributed by atoms with E-state index in [0.717, 1.165) is 29.7 Å². The van der Waals surface area contributed by atoms with E-state index < -0.39 is 0 Å². The number of hydrogen-bond donors (Lipinski definition) is 1.